The minimum Gasteiger partial charge on any atom is -0.327 e. The van der Waals surface area contributed by atoms with Gasteiger partial charge in [-0.25, -0.2) is 0 Å². The first-order chi connectivity index (χ1) is 13.1. The molecule has 7 fully saturated rings. The second kappa shape index (κ2) is 6.64. The molecule has 6 bridgehead atoms. The van der Waals surface area contributed by atoms with Crippen LogP contribution in [0.3, 0.4) is 0 Å². The quantitative estimate of drug-likeness (QED) is 0.611. The summed E-state index contributed by atoms with van der Waals surface area (Å²) in [5.74, 6) is 2.28. The predicted molar refractivity (Wildman–Crippen MR) is 108 cm³/mol. The Labute approximate surface area is 164 Å². The van der Waals surface area contributed by atoms with Gasteiger partial charge in [-0.15, -0.1) is 0 Å². The number of rotatable bonds is 3. The van der Waals surface area contributed by atoms with Crippen molar-refractivity contribution in [3.8, 4) is 0 Å². The highest BCUT2D eigenvalue weighted by Gasteiger charge is 2.49. The Hall–Kier alpha value is -0.240. The van der Waals surface area contributed by atoms with Gasteiger partial charge in [0.2, 0.25) is 0 Å². The van der Waals surface area contributed by atoms with Crippen LogP contribution < -0.4 is 16.4 Å². The molecule has 6 heterocycles. The second-order valence-electron chi connectivity index (χ2n) is 10.7. The molecule has 4 N–H and O–H groups in total. The third-order valence-electron chi connectivity index (χ3n) is 9.04. The third kappa shape index (κ3) is 2.99. The molecular weight excluding hydrogens is 336 g/mol. The van der Waals surface area contributed by atoms with Gasteiger partial charge >= 0.3 is 0 Å². The van der Waals surface area contributed by atoms with Gasteiger partial charge in [0.1, 0.15) is 0 Å². The van der Waals surface area contributed by atoms with Gasteiger partial charge in [0.15, 0.2) is 0 Å². The summed E-state index contributed by atoms with van der Waals surface area (Å²) in [6.07, 6.45) is 5.52. The highest BCUT2D eigenvalue weighted by molar-refractivity contribution is 5.07. The van der Waals surface area contributed by atoms with Crippen LogP contribution in [-0.2, 0) is 0 Å². The summed E-state index contributed by atoms with van der Waals surface area (Å²) >= 11 is 0. The Kier molecular flexibility index (Phi) is 4.33. The average molecular weight is 375 g/mol. The minimum atomic E-state index is 0.454. The van der Waals surface area contributed by atoms with Crippen molar-refractivity contribution in [3.05, 3.63) is 0 Å². The molecule has 0 radical (unpaired) electrons. The Morgan fingerprint density at radius 2 is 1.81 bits per heavy atom. The van der Waals surface area contributed by atoms with Crippen molar-refractivity contribution >= 4 is 0 Å². The van der Waals surface area contributed by atoms with Crippen LogP contribution in [0, 0.1) is 17.8 Å². The molecule has 1 aliphatic carbocycles. The fraction of sp³-hybridized carbons (Fsp3) is 1.00. The summed E-state index contributed by atoms with van der Waals surface area (Å²) in [4.78, 5) is 8.22. The maximum absolute atomic E-state index is 6.60. The first-order valence-corrected chi connectivity index (χ1v) is 11.6. The van der Waals surface area contributed by atoms with Gasteiger partial charge in [-0.3, -0.25) is 9.80 Å². The highest BCUT2D eigenvalue weighted by Crippen LogP contribution is 2.41. The lowest BCUT2D eigenvalue weighted by molar-refractivity contribution is -0.0185. The number of fused-ring (bicyclic) bond motifs is 7. The number of hydrogen-bond acceptors (Lipinski definition) is 6. The Balaban J connectivity index is 1.11. The van der Waals surface area contributed by atoms with E-state index < -0.39 is 0 Å². The van der Waals surface area contributed by atoms with Crippen LogP contribution in [0.2, 0.25) is 0 Å². The fourth-order valence-corrected chi connectivity index (χ4v) is 7.74. The zero-order valence-corrected chi connectivity index (χ0v) is 16.9. The van der Waals surface area contributed by atoms with E-state index in [0.717, 1.165) is 41.9 Å². The number of hydrogen-bond donors (Lipinski definition) is 3. The molecule has 0 aromatic carbocycles. The van der Waals surface area contributed by atoms with Gasteiger partial charge in [-0.1, -0.05) is 0 Å². The molecule has 6 nitrogen and oxygen atoms in total. The van der Waals surface area contributed by atoms with E-state index in [4.69, 9.17) is 5.73 Å². The number of piperazine rings is 2. The topological polar surface area (TPSA) is 59.8 Å². The summed E-state index contributed by atoms with van der Waals surface area (Å²) in [7, 11) is 2.28. The van der Waals surface area contributed by atoms with Crippen LogP contribution in [0.4, 0.5) is 0 Å². The van der Waals surface area contributed by atoms with Crippen LogP contribution in [-0.4, -0.2) is 104 Å². The number of likely N-dealkylation sites (tertiary alicyclic amines) is 2. The van der Waals surface area contributed by atoms with Gasteiger partial charge in [-0.2, -0.15) is 0 Å². The molecule has 0 aromatic heterocycles. The van der Waals surface area contributed by atoms with E-state index in [-0.39, 0.29) is 0 Å². The summed E-state index contributed by atoms with van der Waals surface area (Å²) in [6, 6.07) is 4.15. The Bertz CT molecular complexity index is 559. The van der Waals surface area contributed by atoms with Crippen LogP contribution in [0.25, 0.3) is 0 Å². The van der Waals surface area contributed by atoms with Gasteiger partial charge in [0, 0.05) is 82.1 Å². The molecule has 152 valence electrons. The zero-order chi connectivity index (χ0) is 18.1. The lowest BCUT2D eigenvalue weighted by Crippen LogP contribution is -2.72. The van der Waals surface area contributed by atoms with Crippen molar-refractivity contribution in [1.29, 1.82) is 0 Å². The first kappa shape index (κ1) is 17.6. The predicted octanol–water partition coefficient (Wildman–Crippen LogP) is -0.638. The van der Waals surface area contributed by atoms with E-state index in [2.05, 4.69) is 32.4 Å². The summed E-state index contributed by atoms with van der Waals surface area (Å²) in [5.41, 5.74) is 6.60. The lowest BCUT2D eigenvalue weighted by atomic mass is 9.84. The first-order valence-electron chi connectivity index (χ1n) is 11.6. The molecular formula is C21H38N6. The van der Waals surface area contributed by atoms with E-state index in [1.165, 1.54) is 71.5 Å². The van der Waals surface area contributed by atoms with Crippen molar-refractivity contribution in [3.63, 3.8) is 0 Å². The van der Waals surface area contributed by atoms with E-state index in [1.54, 1.807) is 0 Å². The molecule has 6 heteroatoms. The summed E-state index contributed by atoms with van der Waals surface area (Å²) < 4.78 is 0. The minimum absolute atomic E-state index is 0.454. The van der Waals surface area contributed by atoms with Crippen LogP contribution in [0.15, 0.2) is 0 Å². The van der Waals surface area contributed by atoms with Crippen molar-refractivity contribution in [2.75, 3.05) is 52.9 Å². The van der Waals surface area contributed by atoms with Crippen LogP contribution in [0.1, 0.15) is 25.7 Å². The standard InChI is InChI=1S/C21H38N6/c1-25-7-14-4-13(18(11-25)21(14)22)8-26-12-19-20(5-17(26)6-23-19)27-9-15-2-3-16(10-27)24-15/h13-21,23-24H,2-12,22H2,1H3/t13?,14?,15?,16?,17?,18?,19?,20-,21?/m0/s1. The average Bonchev–Trinajstić information content (AvgIpc) is 3.08. The summed E-state index contributed by atoms with van der Waals surface area (Å²) in [5, 5.41) is 7.70. The maximum Gasteiger partial charge on any atom is 0.0352 e. The number of nitrogens with one attached hydrogen (secondary N) is 2. The molecule has 7 aliphatic rings. The van der Waals surface area contributed by atoms with Gasteiger partial charge in [-0.05, 0) is 50.5 Å². The number of nitrogens with zero attached hydrogens (tertiary/aromatic N) is 3. The molecule has 7 rings (SSSR count). The molecule has 6 aliphatic heterocycles. The molecule has 8 unspecified atom stereocenters. The van der Waals surface area contributed by atoms with E-state index >= 15 is 0 Å². The molecule has 0 spiro atoms. The van der Waals surface area contributed by atoms with E-state index in [9.17, 15) is 0 Å². The second-order valence-corrected chi connectivity index (χ2v) is 10.7. The third-order valence-corrected chi connectivity index (χ3v) is 9.04. The normalized spacial score (nSPS) is 53.3. The van der Waals surface area contributed by atoms with Gasteiger partial charge in [0.05, 0.1) is 0 Å². The van der Waals surface area contributed by atoms with E-state index in [0.29, 0.717) is 12.1 Å². The highest BCUT2D eigenvalue weighted by atomic mass is 15.3. The van der Waals surface area contributed by atoms with Crippen LogP contribution >= 0.6 is 0 Å². The van der Waals surface area contributed by atoms with Crippen molar-refractivity contribution in [1.82, 2.24) is 25.3 Å². The van der Waals surface area contributed by atoms with Crippen molar-refractivity contribution in [2.24, 2.45) is 23.5 Å². The monoisotopic (exact) mass is 374 g/mol. The van der Waals surface area contributed by atoms with E-state index in [1.807, 2.05) is 0 Å². The number of nitrogens with two attached hydrogens (primary N) is 1. The molecule has 9 atom stereocenters. The smallest absolute Gasteiger partial charge is 0.0352 e. The zero-order valence-electron chi connectivity index (χ0n) is 16.9. The number of piperidine rings is 3. The van der Waals surface area contributed by atoms with Crippen molar-refractivity contribution < 1.29 is 0 Å². The maximum atomic E-state index is 6.60. The SMILES string of the molecule is CN1CC2CC(CN3CC4NCC3C[C@@H]4N3CC4CCC(C3)N4)C(C1)C2N. The Morgan fingerprint density at radius 3 is 2.56 bits per heavy atom. The van der Waals surface area contributed by atoms with Crippen LogP contribution in [0.5, 0.6) is 0 Å². The molecule has 0 amide bonds. The summed E-state index contributed by atoms with van der Waals surface area (Å²) in [6.45, 7) is 8.74. The molecule has 27 heavy (non-hydrogen) atoms. The Morgan fingerprint density at radius 1 is 1.00 bits per heavy atom. The largest absolute Gasteiger partial charge is 0.327 e. The van der Waals surface area contributed by atoms with Crippen molar-refractivity contribution in [2.45, 2.75) is 61.9 Å². The molecule has 0 aromatic rings. The lowest BCUT2D eigenvalue weighted by Gasteiger charge is -2.55. The molecule has 1 saturated carbocycles. The van der Waals surface area contributed by atoms with Gasteiger partial charge in [0.25, 0.3) is 0 Å². The fourth-order valence-electron chi connectivity index (χ4n) is 7.74. The molecule has 6 saturated heterocycles. The van der Waals surface area contributed by atoms with Gasteiger partial charge < -0.3 is 21.3 Å².